The molecule has 0 radical (unpaired) electrons. The minimum absolute atomic E-state index is 0.872. The molecule has 4 aromatic heterocycles. The topological polar surface area (TPSA) is 36.1 Å². The van der Waals surface area contributed by atoms with Crippen LogP contribution in [0.5, 0.6) is 0 Å². The van der Waals surface area contributed by atoms with E-state index >= 15 is 0 Å². The number of rotatable bonds is 4. The van der Waals surface area contributed by atoms with Crippen LogP contribution in [0.2, 0.25) is 0 Å². The summed E-state index contributed by atoms with van der Waals surface area (Å²) in [5.41, 5.74) is 14.8. The smallest absolute Gasteiger partial charge is 0.159 e. The first kappa shape index (κ1) is 31.4. The van der Waals surface area contributed by atoms with E-state index in [-0.39, 0.29) is 0 Å². The van der Waals surface area contributed by atoms with Crippen LogP contribution in [0.4, 0.5) is 0 Å². The predicted molar refractivity (Wildman–Crippen MR) is 241 cm³/mol. The van der Waals surface area contributed by atoms with Crippen molar-refractivity contribution >= 4 is 87.5 Å². The monoisotopic (exact) mass is 740 g/mol. The molecular formula is C54H32N2O2. The summed E-state index contributed by atoms with van der Waals surface area (Å²) in [6.07, 6.45) is 0. The van der Waals surface area contributed by atoms with E-state index in [1.54, 1.807) is 0 Å². The highest BCUT2D eigenvalue weighted by Crippen LogP contribution is 2.43. The third kappa shape index (κ3) is 4.40. The summed E-state index contributed by atoms with van der Waals surface area (Å²) < 4.78 is 18.1. The third-order valence-electron chi connectivity index (χ3n) is 12.1. The summed E-state index contributed by atoms with van der Waals surface area (Å²) in [7, 11) is 0. The lowest BCUT2D eigenvalue weighted by Crippen LogP contribution is -1.95. The number of para-hydroxylation sites is 6. The number of nitrogens with zero attached hydrogens (tertiary/aromatic N) is 2. The average Bonchev–Trinajstić information content (AvgIpc) is 4.04. The van der Waals surface area contributed by atoms with Crippen LogP contribution >= 0.6 is 0 Å². The quantitative estimate of drug-likeness (QED) is 0.180. The van der Waals surface area contributed by atoms with E-state index in [0.717, 1.165) is 99.6 Å². The molecule has 4 nitrogen and oxygen atoms in total. The van der Waals surface area contributed by atoms with Crippen molar-refractivity contribution < 1.29 is 8.83 Å². The summed E-state index contributed by atoms with van der Waals surface area (Å²) in [4.78, 5) is 0. The third-order valence-corrected chi connectivity index (χ3v) is 12.1. The molecule has 0 aliphatic heterocycles. The van der Waals surface area contributed by atoms with Crippen LogP contribution in [0.25, 0.3) is 121 Å². The van der Waals surface area contributed by atoms with Crippen LogP contribution in [0.15, 0.2) is 203 Å². The first-order chi connectivity index (χ1) is 28.8. The molecule has 0 spiro atoms. The maximum atomic E-state index is 6.74. The van der Waals surface area contributed by atoms with Crippen molar-refractivity contribution in [3.8, 4) is 33.6 Å². The molecule has 0 N–H and O–H groups in total. The molecule has 9 aromatic carbocycles. The molecule has 58 heavy (non-hydrogen) atoms. The van der Waals surface area contributed by atoms with Crippen LogP contribution in [0.1, 0.15) is 0 Å². The Morgan fingerprint density at radius 3 is 1.34 bits per heavy atom. The first-order valence-electron chi connectivity index (χ1n) is 19.8. The van der Waals surface area contributed by atoms with Crippen LogP contribution in [-0.2, 0) is 0 Å². The number of furan rings is 2. The fourth-order valence-corrected chi connectivity index (χ4v) is 9.52. The molecule has 0 saturated heterocycles. The van der Waals surface area contributed by atoms with Gasteiger partial charge in [-0.1, -0.05) is 127 Å². The Labute approximate surface area is 332 Å². The van der Waals surface area contributed by atoms with E-state index in [9.17, 15) is 0 Å². The summed E-state index contributed by atoms with van der Waals surface area (Å²) >= 11 is 0. The van der Waals surface area contributed by atoms with E-state index in [0.29, 0.717) is 0 Å². The van der Waals surface area contributed by atoms with Gasteiger partial charge in [0.05, 0.1) is 33.4 Å². The molecule has 0 fully saturated rings. The maximum Gasteiger partial charge on any atom is 0.159 e. The fourth-order valence-electron chi connectivity index (χ4n) is 9.52. The summed E-state index contributed by atoms with van der Waals surface area (Å²) in [6.45, 7) is 0. The van der Waals surface area contributed by atoms with Crippen LogP contribution in [-0.4, -0.2) is 9.13 Å². The molecule has 13 rings (SSSR count). The van der Waals surface area contributed by atoms with Crippen molar-refractivity contribution in [2.24, 2.45) is 0 Å². The van der Waals surface area contributed by atoms with Gasteiger partial charge in [-0.15, -0.1) is 0 Å². The summed E-state index contributed by atoms with van der Waals surface area (Å²) in [5, 5.41) is 9.31. The van der Waals surface area contributed by atoms with Crippen molar-refractivity contribution in [1.29, 1.82) is 0 Å². The summed E-state index contributed by atoms with van der Waals surface area (Å²) in [5.74, 6) is 0. The Balaban J connectivity index is 0.988. The fraction of sp³-hybridized carbons (Fsp3) is 0. The van der Waals surface area contributed by atoms with Gasteiger partial charge < -0.3 is 18.0 Å². The molecule has 13 aromatic rings. The van der Waals surface area contributed by atoms with Crippen molar-refractivity contribution in [2.75, 3.05) is 0 Å². The van der Waals surface area contributed by atoms with Crippen LogP contribution < -0.4 is 0 Å². The van der Waals surface area contributed by atoms with Crippen LogP contribution in [0, 0.1) is 0 Å². The molecule has 270 valence electrons. The zero-order chi connectivity index (χ0) is 37.9. The Morgan fingerprint density at radius 2 is 0.707 bits per heavy atom. The molecular weight excluding hydrogens is 709 g/mol. The second kappa shape index (κ2) is 11.8. The molecule has 0 saturated carbocycles. The van der Waals surface area contributed by atoms with Crippen molar-refractivity contribution in [3.05, 3.63) is 194 Å². The highest BCUT2D eigenvalue weighted by Gasteiger charge is 2.21. The number of aromatic nitrogens is 2. The predicted octanol–water partition coefficient (Wildman–Crippen LogP) is 15.0. The Kier molecular flexibility index (Phi) is 6.41. The zero-order valence-electron chi connectivity index (χ0n) is 31.2. The van der Waals surface area contributed by atoms with Gasteiger partial charge in [0.15, 0.2) is 11.2 Å². The second-order valence-electron chi connectivity index (χ2n) is 15.3. The molecule has 0 aliphatic carbocycles. The van der Waals surface area contributed by atoms with Gasteiger partial charge in [-0.3, -0.25) is 0 Å². The molecule has 0 aliphatic rings. The van der Waals surface area contributed by atoms with Gasteiger partial charge in [0.25, 0.3) is 0 Å². The number of fused-ring (bicyclic) bond motifs is 12. The van der Waals surface area contributed by atoms with Gasteiger partial charge in [0.1, 0.15) is 11.2 Å². The normalized spacial score (nSPS) is 12.1. The van der Waals surface area contributed by atoms with Gasteiger partial charge >= 0.3 is 0 Å². The molecule has 4 heteroatoms. The minimum Gasteiger partial charge on any atom is -0.454 e. The van der Waals surface area contributed by atoms with Crippen molar-refractivity contribution in [1.82, 2.24) is 9.13 Å². The standard InChI is InChI=1S/C54H32N2O2/c1-6-21-45-37(15-1)38-16-2-7-22-46(38)55(45)49-25-12-20-42-43-30-35(27-28-52(43)58-53(42)49)33-13-11-14-34(29-33)36-31-44-41-19-5-10-26-51(41)57-54(44)50(32-36)56-47-23-8-3-17-39(47)40-18-4-9-24-48(40)56/h1-32H. The summed E-state index contributed by atoms with van der Waals surface area (Å²) in [6, 6.07) is 69.5. The van der Waals surface area contributed by atoms with E-state index in [1.165, 1.54) is 21.5 Å². The second-order valence-corrected chi connectivity index (χ2v) is 15.3. The Bertz CT molecular complexity index is 3710. The number of hydrogen-bond donors (Lipinski definition) is 0. The lowest BCUT2D eigenvalue weighted by Gasteiger charge is -2.12. The number of hydrogen-bond acceptors (Lipinski definition) is 2. The molecule has 0 unspecified atom stereocenters. The van der Waals surface area contributed by atoms with E-state index in [1.807, 2.05) is 6.07 Å². The number of benzene rings is 9. The van der Waals surface area contributed by atoms with Crippen molar-refractivity contribution in [2.45, 2.75) is 0 Å². The van der Waals surface area contributed by atoms with Gasteiger partial charge in [0, 0.05) is 43.1 Å². The molecule has 4 heterocycles. The molecule has 0 bridgehead atoms. The van der Waals surface area contributed by atoms with Crippen molar-refractivity contribution in [3.63, 3.8) is 0 Å². The SMILES string of the molecule is c1cc(-c2ccc3oc4c(-n5c6ccccc6c6ccccc65)cccc4c3c2)cc(-c2cc(-n3c4ccccc4c4ccccc43)c3oc4ccccc4c3c2)c1. The Morgan fingerprint density at radius 1 is 0.259 bits per heavy atom. The highest BCUT2D eigenvalue weighted by atomic mass is 16.3. The van der Waals surface area contributed by atoms with E-state index in [4.69, 9.17) is 8.83 Å². The lowest BCUT2D eigenvalue weighted by atomic mass is 9.96. The van der Waals surface area contributed by atoms with Crippen LogP contribution in [0.3, 0.4) is 0 Å². The largest absolute Gasteiger partial charge is 0.454 e. The van der Waals surface area contributed by atoms with Gasteiger partial charge in [0.2, 0.25) is 0 Å². The van der Waals surface area contributed by atoms with Gasteiger partial charge in [-0.2, -0.15) is 0 Å². The minimum atomic E-state index is 0.872. The molecule has 0 atom stereocenters. The maximum absolute atomic E-state index is 6.74. The van der Waals surface area contributed by atoms with Gasteiger partial charge in [-0.25, -0.2) is 0 Å². The van der Waals surface area contributed by atoms with E-state index < -0.39 is 0 Å². The van der Waals surface area contributed by atoms with Gasteiger partial charge in [-0.05, 0) is 89.0 Å². The zero-order valence-corrected chi connectivity index (χ0v) is 31.2. The highest BCUT2D eigenvalue weighted by molar-refractivity contribution is 6.15. The lowest BCUT2D eigenvalue weighted by molar-refractivity contribution is 0.666. The first-order valence-corrected chi connectivity index (χ1v) is 19.8. The Hall–Kier alpha value is -7.82. The van der Waals surface area contributed by atoms with E-state index in [2.05, 4.69) is 197 Å². The average molecular weight is 741 g/mol. The molecule has 0 amide bonds.